The van der Waals surface area contributed by atoms with Crippen LogP contribution in [0.25, 0.3) is 27.8 Å². The van der Waals surface area contributed by atoms with Crippen molar-refractivity contribution in [1.82, 2.24) is 24.7 Å². The zero-order valence-corrected chi connectivity index (χ0v) is 13.0. The van der Waals surface area contributed by atoms with Crippen molar-refractivity contribution in [1.29, 1.82) is 0 Å². The first kappa shape index (κ1) is 14.4. The second-order valence-corrected chi connectivity index (χ2v) is 5.53. The van der Waals surface area contributed by atoms with Crippen LogP contribution in [0, 0.1) is 0 Å². The van der Waals surface area contributed by atoms with Gasteiger partial charge in [0.25, 0.3) is 5.56 Å². The maximum absolute atomic E-state index is 12.9. The van der Waals surface area contributed by atoms with Crippen molar-refractivity contribution < 1.29 is 0 Å². The summed E-state index contributed by atoms with van der Waals surface area (Å²) < 4.78 is 1.44. The minimum atomic E-state index is -0.308. The Bertz CT molecular complexity index is 1100. The molecule has 0 aliphatic heterocycles. The highest BCUT2D eigenvalue weighted by Crippen LogP contribution is 2.28. The number of hydrogen-bond acceptors (Lipinski definition) is 5. The molecule has 7 nitrogen and oxygen atoms in total. The molecule has 3 aromatic heterocycles. The molecule has 0 aliphatic carbocycles. The number of nitrogens with two attached hydrogens (primary N) is 1. The summed E-state index contributed by atoms with van der Waals surface area (Å²) in [5.74, 6) is 0.126. The fourth-order valence-electron chi connectivity index (χ4n) is 2.60. The van der Waals surface area contributed by atoms with Crippen molar-refractivity contribution in [2.24, 2.45) is 0 Å². The Hall–Kier alpha value is -3.19. The number of anilines is 1. The second-order valence-electron chi connectivity index (χ2n) is 5.12. The molecule has 1 aromatic carbocycles. The lowest BCUT2D eigenvalue weighted by Gasteiger charge is -2.11. The monoisotopic (exact) mass is 338 g/mol. The standard InChI is InChI=1S/C16H11ClN6O/c17-10-3-1-2-4-12(10)23-8-9(11-7-19-5-6-20-11)14-13(16(23)24)15(18)22-21-14/h1-8H,(H3,18,21,22). The number of nitrogens with zero attached hydrogens (tertiary/aromatic N) is 4. The molecule has 0 unspecified atom stereocenters. The van der Waals surface area contributed by atoms with E-state index in [1.165, 1.54) is 4.57 Å². The molecular weight excluding hydrogens is 328 g/mol. The van der Waals surface area contributed by atoms with Crippen LogP contribution in [0.5, 0.6) is 0 Å². The first-order chi connectivity index (χ1) is 11.7. The Morgan fingerprint density at radius 2 is 2.04 bits per heavy atom. The van der Waals surface area contributed by atoms with Crippen LogP contribution in [0.15, 0.2) is 53.8 Å². The predicted octanol–water partition coefficient (Wildman–Crippen LogP) is 2.41. The van der Waals surface area contributed by atoms with Crippen LogP contribution in [-0.2, 0) is 0 Å². The molecule has 4 aromatic rings. The van der Waals surface area contributed by atoms with Crippen LogP contribution in [0.4, 0.5) is 5.82 Å². The average molecular weight is 339 g/mol. The summed E-state index contributed by atoms with van der Waals surface area (Å²) >= 11 is 6.25. The molecule has 0 saturated heterocycles. The fourth-order valence-corrected chi connectivity index (χ4v) is 2.83. The molecule has 3 heterocycles. The highest BCUT2D eigenvalue weighted by molar-refractivity contribution is 6.32. The van der Waals surface area contributed by atoms with Gasteiger partial charge < -0.3 is 5.73 Å². The molecule has 24 heavy (non-hydrogen) atoms. The summed E-state index contributed by atoms with van der Waals surface area (Å²) in [4.78, 5) is 21.2. The Balaban J connectivity index is 2.13. The van der Waals surface area contributed by atoms with E-state index in [9.17, 15) is 4.79 Å². The van der Waals surface area contributed by atoms with Crippen molar-refractivity contribution in [3.05, 3.63) is 64.4 Å². The summed E-state index contributed by atoms with van der Waals surface area (Å²) in [5.41, 5.74) is 7.89. The molecule has 0 saturated carbocycles. The molecule has 8 heteroatoms. The van der Waals surface area contributed by atoms with Crippen molar-refractivity contribution in [2.75, 3.05) is 5.73 Å². The van der Waals surface area contributed by atoms with Gasteiger partial charge in [-0.2, -0.15) is 5.10 Å². The third-order valence-electron chi connectivity index (χ3n) is 3.71. The Morgan fingerprint density at radius 3 is 2.79 bits per heavy atom. The Kier molecular flexibility index (Phi) is 3.28. The molecule has 0 bridgehead atoms. The van der Waals surface area contributed by atoms with Gasteiger partial charge in [0.05, 0.1) is 28.1 Å². The highest BCUT2D eigenvalue weighted by Gasteiger charge is 2.18. The van der Waals surface area contributed by atoms with Crippen molar-refractivity contribution >= 4 is 28.3 Å². The van der Waals surface area contributed by atoms with Gasteiger partial charge >= 0.3 is 0 Å². The maximum atomic E-state index is 12.9. The Morgan fingerprint density at radius 1 is 1.21 bits per heavy atom. The van der Waals surface area contributed by atoms with Crippen LogP contribution in [0.3, 0.4) is 0 Å². The van der Waals surface area contributed by atoms with Crippen LogP contribution in [0.2, 0.25) is 5.02 Å². The van der Waals surface area contributed by atoms with Crippen LogP contribution >= 0.6 is 11.6 Å². The fraction of sp³-hybridized carbons (Fsp3) is 0. The zero-order chi connectivity index (χ0) is 16.7. The number of H-pyrrole nitrogens is 1. The topological polar surface area (TPSA) is 102 Å². The number of para-hydroxylation sites is 1. The van der Waals surface area contributed by atoms with Crippen molar-refractivity contribution in [3.8, 4) is 16.9 Å². The zero-order valence-electron chi connectivity index (χ0n) is 12.3. The van der Waals surface area contributed by atoms with Crippen LogP contribution in [-0.4, -0.2) is 24.7 Å². The quantitative estimate of drug-likeness (QED) is 0.584. The van der Waals surface area contributed by atoms with E-state index in [2.05, 4.69) is 20.2 Å². The predicted molar refractivity (Wildman–Crippen MR) is 92.1 cm³/mol. The molecule has 118 valence electrons. The molecule has 0 aliphatic rings. The molecule has 4 rings (SSSR count). The molecule has 0 fully saturated rings. The number of halogens is 1. The van der Waals surface area contributed by atoms with Gasteiger partial charge in [-0.25, -0.2) is 0 Å². The van der Waals surface area contributed by atoms with E-state index in [0.29, 0.717) is 27.5 Å². The van der Waals surface area contributed by atoms with E-state index in [4.69, 9.17) is 17.3 Å². The SMILES string of the molecule is Nc1n[nH]c2c(-c3cnccn3)cn(-c3ccccc3Cl)c(=O)c12. The normalized spacial score (nSPS) is 11.0. The van der Waals surface area contributed by atoms with Gasteiger partial charge in [0.1, 0.15) is 5.39 Å². The molecule has 0 radical (unpaired) electrons. The van der Waals surface area contributed by atoms with Gasteiger partial charge in [0.15, 0.2) is 5.82 Å². The first-order valence-corrected chi connectivity index (χ1v) is 7.45. The largest absolute Gasteiger partial charge is 0.382 e. The van der Waals surface area contributed by atoms with E-state index < -0.39 is 0 Å². The molecular formula is C16H11ClN6O. The smallest absolute Gasteiger partial charge is 0.268 e. The van der Waals surface area contributed by atoms with E-state index in [-0.39, 0.29) is 16.8 Å². The molecule has 0 atom stereocenters. The number of nitrogens with one attached hydrogen (secondary N) is 1. The van der Waals surface area contributed by atoms with E-state index in [0.717, 1.165) is 0 Å². The lowest BCUT2D eigenvalue weighted by molar-refractivity contribution is 1.01. The maximum Gasteiger partial charge on any atom is 0.268 e. The highest BCUT2D eigenvalue weighted by atomic mass is 35.5. The van der Waals surface area contributed by atoms with Gasteiger partial charge in [0, 0.05) is 24.2 Å². The minimum Gasteiger partial charge on any atom is -0.382 e. The first-order valence-electron chi connectivity index (χ1n) is 7.07. The number of hydrogen-bond donors (Lipinski definition) is 2. The number of benzene rings is 1. The second kappa shape index (κ2) is 5.47. The third kappa shape index (κ3) is 2.14. The van der Waals surface area contributed by atoms with Crippen LogP contribution in [0.1, 0.15) is 0 Å². The molecule has 0 spiro atoms. The number of aromatic amines is 1. The lowest BCUT2D eigenvalue weighted by atomic mass is 10.1. The number of rotatable bonds is 2. The van der Waals surface area contributed by atoms with Crippen LogP contribution < -0.4 is 11.3 Å². The summed E-state index contributed by atoms with van der Waals surface area (Å²) in [6.45, 7) is 0. The van der Waals surface area contributed by atoms with Gasteiger partial charge in [0.2, 0.25) is 0 Å². The van der Waals surface area contributed by atoms with E-state index in [1.807, 2.05) is 0 Å². The Labute approximate surface area is 140 Å². The average Bonchev–Trinajstić information content (AvgIpc) is 2.99. The van der Waals surface area contributed by atoms with Crippen molar-refractivity contribution in [2.45, 2.75) is 0 Å². The van der Waals surface area contributed by atoms with Gasteiger partial charge in [-0.1, -0.05) is 23.7 Å². The molecule has 0 amide bonds. The van der Waals surface area contributed by atoms with Gasteiger partial charge in [-0.3, -0.25) is 24.4 Å². The van der Waals surface area contributed by atoms with Crippen molar-refractivity contribution in [3.63, 3.8) is 0 Å². The lowest BCUT2D eigenvalue weighted by Crippen LogP contribution is -2.19. The number of aromatic nitrogens is 5. The number of nitrogen functional groups attached to an aromatic ring is 1. The number of fused-ring (bicyclic) bond motifs is 1. The van der Waals surface area contributed by atoms with Gasteiger partial charge in [-0.05, 0) is 12.1 Å². The summed E-state index contributed by atoms with van der Waals surface area (Å²) in [6, 6.07) is 7.07. The summed E-state index contributed by atoms with van der Waals surface area (Å²) in [5, 5.41) is 7.50. The van der Waals surface area contributed by atoms with E-state index in [1.54, 1.807) is 49.1 Å². The molecule has 3 N–H and O–H groups in total. The van der Waals surface area contributed by atoms with E-state index >= 15 is 0 Å². The summed E-state index contributed by atoms with van der Waals surface area (Å²) in [6.07, 6.45) is 6.42. The number of pyridine rings is 1. The third-order valence-corrected chi connectivity index (χ3v) is 4.03. The van der Waals surface area contributed by atoms with Gasteiger partial charge in [-0.15, -0.1) is 0 Å². The minimum absolute atomic E-state index is 0.126. The summed E-state index contributed by atoms with van der Waals surface area (Å²) in [7, 11) is 0.